The van der Waals surface area contributed by atoms with E-state index in [0.29, 0.717) is 34.4 Å². The van der Waals surface area contributed by atoms with Gasteiger partial charge in [-0.1, -0.05) is 18.2 Å². The van der Waals surface area contributed by atoms with E-state index in [9.17, 15) is 19.5 Å². The highest BCUT2D eigenvalue weighted by atomic mass is 16.5. The van der Waals surface area contributed by atoms with Crippen molar-refractivity contribution in [1.82, 2.24) is 4.57 Å². The molecule has 0 bridgehead atoms. The minimum atomic E-state index is -1.05. The van der Waals surface area contributed by atoms with Crippen LogP contribution in [0.15, 0.2) is 41.4 Å². The molecule has 0 saturated carbocycles. The summed E-state index contributed by atoms with van der Waals surface area (Å²) in [6, 6.07) is 10.8. The highest BCUT2D eigenvalue weighted by molar-refractivity contribution is 6.26. The van der Waals surface area contributed by atoms with Gasteiger partial charge in [0.1, 0.15) is 12.3 Å². The molecule has 1 aromatic heterocycles. The maximum atomic E-state index is 12.9. The number of ketones is 1. The van der Waals surface area contributed by atoms with Crippen molar-refractivity contribution in [3.63, 3.8) is 0 Å². The number of nitrogens with two attached hydrogens (primary N) is 1. The van der Waals surface area contributed by atoms with Crippen LogP contribution < -0.4 is 10.5 Å². The van der Waals surface area contributed by atoms with Gasteiger partial charge in [0.05, 0.1) is 36.0 Å². The summed E-state index contributed by atoms with van der Waals surface area (Å²) in [5, 5.41) is 9.83. The number of carboxylic acids is 1. The van der Waals surface area contributed by atoms with E-state index in [0.717, 1.165) is 16.9 Å². The number of carbonyl (C=O) groups is 3. The van der Waals surface area contributed by atoms with E-state index in [1.54, 1.807) is 25.3 Å². The molecule has 158 valence electrons. The van der Waals surface area contributed by atoms with E-state index < -0.39 is 11.9 Å². The highest BCUT2D eigenvalue weighted by Crippen LogP contribution is 2.34. The summed E-state index contributed by atoms with van der Waals surface area (Å²) in [7, 11) is 1.60. The predicted molar refractivity (Wildman–Crippen MR) is 115 cm³/mol. The van der Waals surface area contributed by atoms with Gasteiger partial charge in [0.25, 0.3) is 0 Å². The lowest BCUT2D eigenvalue weighted by molar-refractivity contribution is -0.135. The third-order valence-electron chi connectivity index (χ3n) is 5.44. The first-order chi connectivity index (χ1) is 14.8. The molecule has 2 aromatic carbocycles. The van der Waals surface area contributed by atoms with Crippen molar-refractivity contribution in [2.75, 3.05) is 13.7 Å². The average molecular weight is 419 g/mol. The lowest BCUT2D eigenvalue weighted by Gasteiger charge is -2.17. The van der Waals surface area contributed by atoms with Crippen LogP contribution in [0.1, 0.15) is 44.0 Å². The van der Waals surface area contributed by atoms with Crippen molar-refractivity contribution in [2.45, 2.75) is 19.9 Å². The first-order valence-electron chi connectivity index (χ1n) is 9.69. The first kappa shape index (κ1) is 20.3. The number of hydrogen-bond acceptors (Lipinski definition) is 5. The molecule has 0 saturated heterocycles. The summed E-state index contributed by atoms with van der Waals surface area (Å²) in [4.78, 5) is 40.7. The lowest BCUT2D eigenvalue weighted by Crippen LogP contribution is -2.24. The minimum Gasteiger partial charge on any atom is -0.496 e. The molecule has 31 heavy (non-hydrogen) atoms. The highest BCUT2D eigenvalue weighted by Gasteiger charge is 2.31. The van der Waals surface area contributed by atoms with Crippen molar-refractivity contribution >= 4 is 34.3 Å². The van der Waals surface area contributed by atoms with E-state index >= 15 is 0 Å². The Hall–Kier alpha value is -3.94. The second kappa shape index (κ2) is 7.71. The molecule has 1 aliphatic heterocycles. The molecule has 0 unspecified atom stereocenters. The molecule has 3 N–H and O–H groups in total. The van der Waals surface area contributed by atoms with Crippen molar-refractivity contribution in [1.29, 1.82) is 0 Å². The summed E-state index contributed by atoms with van der Waals surface area (Å²) in [6.45, 7) is 2.12. The Morgan fingerprint density at radius 2 is 2.03 bits per heavy atom. The number of aliphatic carboxylic acids is 1. The molecule has 4 rings (SSSR count). The Labute approximate surface area is 177 Å². The third-order valence-corrected chi connectivity index (χ3v) is 5.44. The molecule has 3 aromatic rings. The van der Waals surface area contributed by atoms with Crippen LogP contribution >= 0.6 is 0 Å². The molecular weight excluding hydrogens is 398 g/mol. The van der Waals surface area contributed by atoms with Crippen LogP contribution in [-0.4, -0.2) is 46.7 Å². The summed E-state index contributed by atoms with van der Waals surface area (Å²) in [6.07, 6.45) is -0.329. The largest absolute Gasteiger partial charge is 0.496 e. The molecule has 0 spiro atoms. The topological polar surface area (TPSA) is 124 Å². The van der Waals surface area contributed by atoms with Crippen LogP contribution in [-0.2, 0) is 11.3 Å². The van der Waals surface area contributed by atoms with E-state index in [1.165, 1.54) is 0 Å². The maximum absolute atomic E-state index is 12.9. The number of methoxy groups -OCH3 is 1. The molecule has 0 atom stereocenters. The van der Waals surface area contributed by atoms with Crippen LogP contribution in [0.25, 0.3) is 10.9 Å². The Bertz CT molecular complexity index is 1290. The smallest absolute Gasteiger partial charge is 0.309 e. The van der Waals surface area contributed by atoms with Gasteiger partial charge >= 0.3 is 5.97 Å². The van der Waals surface area contributed by atoms with E-state index in [-0.39, 0.29) is 24.3 Å². The molecule has 0 radical (unpaired) electrons. The SMILES string of the molecule is COc1ccc(Cn2c3c(c4c(C(N)=O)cccc42)C(=O)CN=C3CC(=O)O)cc1C. The molecule has 8 heteroatoms. The van der Waals surface area contributed by atoms with Crippen molar-refractivity contribution in [2.24, 2.45) is 10.7 Å². The minimum absolute atomic E-state index is 0.163. The molecular formula is C23H21N3O5. The number of aliphatic imine (C=N–C) groups is 1. The monoisotopic (exact) mass is 419 g/mol. The van der Waals surface area contributed by atoms with Crippen LogP contribution in [0.3, 0.4) is 0 Å². The molecule has 8 nitrogen and oxygen atoms in total. The van der Waals surface area contributed by atoms with E-state index in [1.807, 2.05) is 29.7 Å². The standard InChI is InChI=1S/C23H21N3O5/c1-12-8-13(6-7-18(12)31-2)11-26-16-5-3-4-14(23(24)30)20(16)21-17(27)10-25-15(22(21)26)9-19(28)29/h3-8H,9-11H2,1-2H3,(H2,24,30)(H,28,29). The molecule has 1 aliphatic rings. The van der Waals surface area contributed by atoms with Crippen LogP contribution in [0, 0.1) is 6.92 Å². The van der Waals surface area contributed by atoms with Gasteiger partial charge in [0.15, 0.2) is 5.78 Å². The number of primary amides is 1. The van der Waals surface area contributed by atoms with Gasteiger partial charge in [0, 0.05) is 17.5 Å². The van der Waals surface area contributed by atoms with Crippen LogP contribution in [0.5, 0.6) is 5.75 Å². The first-order valence-corrected chi connectivity index (χ1v) is 9.69. The average Bonchev–Trinajstić information content (AvgIpc) is 3.05. The van der Waals surface area contributed by atoms with Crippen molar-refractivity contribution in [3.05, 3.63) is 64.3 Å². The zero-order valence-electron chi connectivity index (χ0n) is 17.1. The van der Waals surface area contributed by atoms with Gasteiger partial charge in [-0.25, -0.2) is 0 Å². The number of aromatic nitrogens is 1. The van der Waals surface area contributed by atoms with Crippen molar-refractivity contribution < 1.29 is 24.2 Å². The molecule has 1 amide bonds. The number of benzene rings is 2. The van der Waals surface area contributed by atoms with Crippen LogP contribution in [0.4, 0.5) is 0 Å². The summed E-state index contributed by atoms with van der Waals surface area (Å²) < 4.78 is 7.17. The molecule has 2 heterocycles. The fraction of sp³-hybridized carbons (Fsp3) is 0.217. The molecule has 0 fully saturated rings. The lowest BCUT2D eigenvalue weighted by atomic mass is 9.96. The normalized spacial score (nSPS) is 13.1. The number of nitrogens with zero attached hydrogens (tertiary/aromatic N) is 2. The van der Waals surface area contributed by atoms with Gasteiger partial charge in [0.2, 0.25) is 5.91 Å². The predicted octanol–water partition coefficient (Wildman–Crippen LogP) is 2.57. The summed E-state index contributed by atoms with van der Waals surface area (Å²) in [5.41, 5.74) is 9.35. The van der Waals surface area contributed by atoms with Gasteiger partial charge in [-0.3, -0.25) is 19.4 Å². The number of amides is 1. The maximum Gasteiger partial charge on any atom is 0.309 e. The van der Waals surface area contributed by atoms with E-state index in [4.69, 9.17) is 10.5 Å². The third kappa shape index (κ3) is 3.46. The fourth-order valence-corrected chi connectivity index (χ4v) is 4.17. The number of carboxylic acid groups (broad SMARTS) is 1. The van der Waals surface area contributed by atoms with E-state index in [2.05, 4.69) is 4.99 Å². The number of Topliss-reactive ketones (excluding diaryl/α,β-unsaturated/α-hetero) is 1. The van der Waals surface area contributed by atoms with Gasteiger partial charge in [-0.15, -0.1) is 0 Å². The summed E-state index contributed by atoms with van der Waals surface area (Å²) in [5.74, 6) is -1.22. The number of aryl methyl sites for hydroxylation is 1. The number of ether oxygens (including phenoxy) is 1. The second-order valence-electron chi connectivity index (χ2n) is 7.43. The van der Waals surface area contributed by atoms with Crippen molar-refractivity contribution in [3.8, 4) is 5.75 Å². The number of rotatable bonds is 6. The Kier molecular flexibility index (Phi) is 5.06. The van der Waals surface area contributed by atoms with Gasteiger partial charge in [-0.2, -0.15) is 0 Å². The van der Waals surface area contributed by atoms with Gasteiger partial charge < -0.3 is 20.1 Å². The second-order valence-corrected chi connectivity index (χ2v) is 7.43. The molecule has 0 aliphatic carbocycles. The number of carbonyl (C=O) groups excluding carboxylic acids is 2. The number of hydrogen-bond donors (Lipinski definition) is 2. The fourth-order valence-electron chi connectivity index (χ4n) is 4.17. The number of fused-ring (bicyclic) bond motifs is 3. The Morgan fingerprint density at radius 3 is 2.68 bits per heavy atom. The quantitative estimate of drug-likeness (QED) is 0.635. The zero-order valence-corrected chi connectivity index (χ0v) is 17.1. The van der Waals surface area contributed by atoms with Crippen LogP contribution in [0.2, 0.25) is 0 Å². The van der Waals surface area contributed by atoms with Gasteiger partial charge in [-0.05, 0) is 36.2 Å². The Balaban J connectivity index is 2.00. The summed E-state index contributed by atoms with van der Waals surface area (Å²) >= 11 is 0. The Morgan fingerprint density at radius 1 is 1.26 bits per heavy atom. The zero-order chi connectivity index (χ0) is 22.3.